The van der Waals surface area contributed by atoms with E-state index in [9.17, 15) is 18.0 Å². The molecule has 0 atom stereocenters. The summed E-state index contributed by atoms with van der Waals surface area (Å²) in [5.74, 6) is -1.22. The molecule has 12 heteroatoms. The van der Waals surface area contributed by atoms with Crippen LogP contribution in [0.1, 0.15) is 28.2 Å². The zero-order valence-corrected chi connectivity index (χ0v) is 24.2. The molecule has 1 heterocycles. The molecule has 0 spiro atoms. The lowest BCUT2D eigenvalue weighted by atomic mass is 10.2. The van der Waals surface area contributed by atoms with E-state index >= 15 is 0 Å². The molecule has 0 aliphatic heterocycles. The second-order valence-electron chi connectivity index (χ2n) is 9.01. The van der Waals surface area contributed by atoms with Gasteiger partial charge in [0.2, 0.25) is 10.0 Å². The third kappa shape index (κ3) is 8.27. The SMILES string of the molecule is Cc1ccc(S(=O)(=O)N(Cc2ccc(Cl)c(Cl)c2)Cc2ccc(/C=N/NC(=O)C(=O)NCc3ccccc3)o2)cc1. The number of carbonyl (C=O) groups is 2. The molecular formula is C29H26Cl2N4O5S. The molecular weight excluding hydrogens is 587 g/mol. The van der Waals surface area contributed by atoms with Gasteiger partial charge < -0.3 is 9.73 Å². The summed E-state index contributed by atoms with van der Waals surface area (Å²) in [5.41, 5.74) is 4.55. The van der Waals surface area contributed by atoms with Crippen molar-refractivity contribution in [2.24, 2.45) is 5.10 Å². The second kappa shape index (κ2) is 13.6. The molecule has 0 aliphatic rings. The van der Waals surface area contributed by atoms with Crippen LogP contribution in [0.3, 0.4) is 0 Å². The van der Waals surface area contributed by atoms with Crippen molar-refractivity contribution in [2.75, 3.05) is 0 Å². The quantitative estimate of drug-likeness (QED) is 0.147. The van der Waals surface area contributed by atoms with E-state index in [1.165, 1.54) is 10.5 Å². The molecule has 0 unspecified atom stereocenters. The van der Waals surface area contributed by atoms with E-state index in [4.69, 9.17) is 27.6 Å². The summed E-state index contributed by atoms with van der Waals surface area (Å²) in [6.45, 7) is 1.97. The first kappa shape index (κ1) is 30.0. The fourth-order valence-electron chi connectivity index (χ4n) is 3.71. The summed E-state index contributed by atoms with van der Waals surface area (Å²) in [4.78, 5) is 24.2. The lowest BCUT2D eigenvalue weighted by molar-refractivity contribution is -0.139. The number of nitrogens with zero attached hydrogens (tertiary/aromatic N) is 2. The smallest absolute Gasteiger partial charge is 0.329 e. The minimum absolute atomic E-state index is 0.00533. The van der Waals surface area contributed by atoms with Gasteiger partial charge in [-0.25, -0.2) is 13.8 Å². The standard InChI is InChI=1S/C29H26Cl2N4O5S/c1-20-7-12-25(13-8-20)41(38,39)35(18-22-9-14-26(30)27(31)15-22)19-24-11-10-23(40-24)17-33-34-29(37)28(36)32-16-21-5-3-2-4-6-21/h2-15,17H,16,18-19H2,1H3,(H,32,36)(H,34,37)/b33-17+. The Labute approximate surface area is 247 Å². The topological polar surface area (TPSA) is 121 Å². The Bertz CT molecular complexity index is 1660. The van der Waals surface area contributed by atoms with Crippen molar-refractivity contribution in [2.45, 2.75) is 31.5 Å². The first-order valence-corrected chi connectivity index (χ1v) is 14.6. The van der Waals surface area contributed by atoms with Gasteiger partial charge in [0, 0.05) is 13.1 Å². The van der Waals surface area contributed by atoms with E-state index in [-0.39, 0.29) is 30.3 Å². The predicted octanol–water partition coefficient (Wildman–Crippen LogP) is 5.05. The molecule has 0 saturated carbocycles. The van der Waals surface area contributed by atoms with Gasteiger partial charge >= 0.3 is 11.8 Å². The van der Waals surface area contributed by atoms with Crippen LogP contribution in [0.15, 0.2) is 99.3 Å². The molecule has 2 amide bonds. The van der Waals surface area contributed by atoms with Gasteiger partial charge in [0.25, 0.3) is 0 Å². The van der Waals surface area contributed by atoms with Gasteiger partial charge in [0.05, 0.1) is 27.7 Å². The number of aryl methyl sites for hydroxylation is 1. The number of sulfonamides is 1. The van der Waals surface area contributed by atoms with E-state index in [0.29, 0.717) is 21.4 Å². The van der Waals surface area contributed by atoms with E-state index in [2.05, 4.69) is 15.8 Å². The monoisotopic (exact) mass is 612 g/mol. The Morgan fingerprint density at radius 3 is 2.32 bits per heavy atom. The number of hydrazone groups is 1. The average Bonchev–Trinajstić information content (AvgIpc) is 3.41. The Morgan fingerprint density at radius 1 is 0.878 bits per heavy atom. The molecule has 2 N–H and O–H groups in total. The van der Waals surface area contributed by atoms with E-state index in [0.717, 1.165) is 11.1 Å². The molecule has 0 radical (unpaired) electrons. The number of amides is 2. The van der Waals surface area contributed by atoms with Crippen molar-refractivity contribution in [3.63, 3.8) is 0 Å². The second-order valence-corrected chi connectivity index (χ2v) is 11.8. The first-order valence-electron chi connectivity index (χ1n) is 12.4. The number of rotatable bonds is 10. The summed E-state index contributed by atoms with van der Waals surface area (Å²) < 4.78 is 34.2. The maximum atomic E-state index is 13.6. The Balaban J connectivity index is 1.43. The third-order valence-corrected chi connectivity index (χ3v) is 8.42. The average molecular weight is 614 g/mol. The van der Waals surface area contributed by atoms with Crippen molar-refractivity contribution in [3.05, 3.63) is 123 Å². The van der Waals surface area contributed by atoms with Crippen LogP contribution in [0.2, 0.25) is 10.0 Å². The van der Waals surface area contributed by atoms with Crippen molar-refractivity contribution < 1.29 is 22.4 Å². The fourth-order valence-corrected chi connectivity index (χ4v) is 5.43. The molecule has 1 aromatic heterocycles. The highest BCUT2D eigenvalue weighted by Crippen LogP contribution is 2.26. The van der Waals surface area contributed by atoms with E-state index in [1.807, 2.05) is 37.3 Å². The van der Waals surface area contributed by atoms with Crippen molar-refractivity contribution in [1.82, 2.24) is 15.0 Å². The van der Waals surface area contributed by atoms with Crippen LogP contribution in [0.5, 0.6) is 0 Å². The highest BCUT2D eigenvalue weighted by Gasteiger charge is 2.26. The van der Waals surface area contributed by atoms with Crippen LogP contribution in [0.4, 0.5) is 0 Å². The number of benzene rings is 3. The van der Waals surface area contributed by atoms with Crippen LogP contribution >= 0.6 is 23.2 Å². The van der Waals surface area contributed by atoms with Gasteiger partial charge in [0.1, 0.15) is 11.5 Å². The van der Waals surface area contributed by atoms with Crippen LogP contribution in [-0.2, 0) is 39.2 Å². The number of nitrogens with one attached hydrogen (secondary N) is 2. The number of hydrogen-bond acceptors (Lipinski definition) is 6. The summed E-state index contributed by atoms with van der Waals surface area (Å²) in [5, 5.41) is 6.94. The van der Waals surface area contributed by atoms with Gasteiger partial charge in [-0.2, -0.15) is 9.41 Å². The van der Waals surface area contributed by atoms with E-state index in [1.54, 1.807) is 54.6 Å². The molecule has 41 heavy (non-hydrogen) atoms. The molecule has 3 aromatic carbocycles. The Hall–Kier alpha value is -3.96. The lowest BCUT2D eigenvalue weighted by Gasteiger charge is -2.22. The number of furan rings is 1. The highest BCUT2D eigenvalue weighted by atomic mass is 35.5. The molecule has 0 fully saturated rings. The maximum absolute atomic E-state index is 13.6. The normalized spacial score (nSPS) is 11.6. The van der Waals surface area contributed by atoms with Gasteiger partial charge in [-0.1, -0.05) is 77.3 Å². The van der Waals surface area contributed by atoms with Gasteiger partial charge in [-0.05, 0) is 54.4 Å². The van der Waals surface area contributed by atoms with Gasteiger partial charge in [0.15, 0.2) is 0 Å². The summed E-state index contributed by atoms with van der Waals surface area (Å²) in [6.07, 6.45) is 1.21. The summed E-state index contributed by atoms with van der Waals surface area (Å²) >= 11 is 12.2. The Morgan fingerprint density at radius 2 is 1.61 bits per heavy atom. The van der Waals surface area contributed by atoms with Crippen molar-refractivity contribution >= 4 is 51.3 Å². The summed E-state index contributed by atoms with van der Waals surface area (Å²) in [6, 6.07) is 23.8. The van der Waals surface area contributed by atoms with Crippen LogP contribution in [0.25, 0.3) is 0 Å². The van der Waals surface area contributed by atoms with Gasteiger partial charge in [-0.3, -0.25) is 9.59 Å². The van der Waals surface area contributed by atoms with Crippen LogP contribution in [0, 0.1) is 6.92 Å². The zero-order chi connectivity index (χ0) is 29.4. The largest absolute Gasteiger partial charge is 0.459 e. The fraction of sp³-hybridized carbons (Fsp3) is 0.138. The zero-order valence-electron chi connectivity index (χ0n) is 21.9. The number of hydrogen-bond donors (Lipinski definition) is 2. The highest BCUT2D eigenvalue weighted by molar-refractivity contribution is 7.89. The minimum Gasteiger partial charge on any atom is -0.459 e. The molecule has 4 aromatic rings. The molecule has 0 saturated heterocycles. The predicted molar refractivity (Wildman–Crippen MR) is 157 cm³/mol. The Kier molecular flexibility index (Phi) is 9.95. The lowest BCUT2D eigenvalue weighted by Crippen LogP contribution is -2.37. The maximum Gasteiger partial charge on any atom is 0.329 e. The molecule has 0 aliphatic carbocycles. The number of halogens is 2. The number of carbonyl (C=O) groups excluding carboxylic acids is 2. The van der Waals surface area contributed by atoms with Crippen molar-refractivity contribution in [1.29, 1.82) is 0 Å². The van der Waals surface area contributed by atoms with Gasteiger partial charge in [-0.15, -0.1) is 0 Å². The summed E-state index contributed by atoms with van der Waals surface area (Å²) in [7, 11) is -3.93. The molecule has 0 bridgehead atoms. The first-order chi connectivity index (χ1) is 19.6. The third-order valence-electron chi connectivity index (χ3n) is 5.88. The van der Waals surface area contributed by atoms with Crippen LogP contribution in [-0.4, -0.2) is 30.8 Å². The molecule has 9 nitrogen and oxygen atoms in total. The van der Waals surface area contributed by atoms with Crippen LogP contribution < -0.4 is 10.7 Å². The molecule has 4 rings (SSSR count). The molecule has 212 valence electrons. The van der Waals surface area contributed by atoms with Crippen molar-refractivity contribution in [3.8, 4) is 0 Å². The minimum atomic E-state index is -3.93. The van der Waals surface area contributed by atoms with E-state index < -0.39 is 21.8 Å².